The van der Waals surface area contributed by atoms with Crippen molar-refractivity contribution >= 4 is 34.9 Å². The lowest BCUT2D eigenvalue weighted by Crippen LogP contribution is -2.45. The summed E-state index contributed by atoms with van der Waals surface area (Å²) >= 11 is 11.3. The highest BCUT2D eigenvalue weighted by Crippen LogP contribution is 2.39. The lowest BCUT2D eigenvalue weighted by Gasteiger charge is -2.30. The molecule has 9 heteroatoms. The summed E-state index contributed by atoms with van der Waals surface area (Å²) in [5.41, 5.74) is 1.54. The van der Waals surface area contributed by atoms with Gasteiger partial charge in [0.05, 0.1) is 29.9 Å². The molecule has 7 nitrogen and oxygen atoms in total. The van der Waals surface area contributed by atoms with Crippen LogP contribution >= 0.6 is 23.8 Å². The number of phenolic OH excluding ortho intramolecular Hbond substituents is 1. The van der Waals surface area contributed by atoms with Crippen LogP contribution in [0.3, 0.4) is 0 Å². The number of ether oxygens (including phenoxy) is 3. The van der Waals surface area contributed by atoms with Crippen LogP contribution in [0, 0.1) is 0 Å². The smallest absolute Gasteiger partial charge is 0.338 e. The van der Waals surface area contributed by atoms with Gasteiger partial charge in [0.2, 0.25) is 0 Å². The Morgan fingerprint density at radius 1 is 1.38 bits per heavy atom. The van der Waals surface area contributed by atoms with E-state index in [1.54, 1.807) is 26.0 Å². The van der Waals surface area contributed by atoms with Crippen LogP contribution < -0.4 is 15.4 Å². The summed E-state index contributed by atoms with van der Waals surface area (Å²) < 4.78 is 15.6. The number of methoxy groups -OCH3 is 1. The Morgan fingerprint density at radius 3 is 2.77 bits per heavy atom. The second-order valence-electron chi connectivity index (χ2n) is 5.48. The fourth-order valence-corrected chi connectivity index (χ4v) is 3.03. The van der Waals surface area contributed by atoms with Crippen LogP contribution in [0.2, 0.25) is 5.02 Å². The van der Waals surface area contributed by atoms with Crippen molar-refractivity contribution in [1.29, 1.82) is 0 Å². The van der Waals surface area contributed by atoms with Crippen LogP contribution in [-0.2, 0) is 14.3 Å². The maximum absolute atomic E-state index is 12.6. The second kappa shape index (κ2) is 9.07. The molecule has 3 N–H and O–H groups in total. The summed E-state index contributed by atoms with van der Waals surface area (Å²) in [6.45, 7) is 4.30. The molecular weight excluding hydrogens is 380 g/mol. The molecule has 0 aliphatic carbocycles. The summed E-state index contributed by atoms with van der Waals surface area (Å²) in [6.07, 6.45) is 0. The molecule has 1 atom stereocenters. The Bertz CT molecular complexity index is 738. The molecule has 0 radical (unpaired) electrons. The van der Waals surface area contributed by atoms with Gasteiger partial charge in [-0.25, -0.2) is 4.79 Å². The molecule has 0 amide bonds. The number of carbonyl (C=O) groups excluding carboxylic acids is 1. The first kappa shape index (κ1) is 20.3. The molecule has 0 fully saturated rings. The Labute approximate surface area is 162 Å². The van der Waals surface area contributed by atoms with Gasteiger partial charge in [-0.2, -0.15) is 0 Å². The van der Waals surface area contributed by atoms with Crippen LogP contribution in [0.25, 0.3) is 0 Å². The van der Waals surface area contributed by atoms with Gasteiger partial charge in [-0.15, -0.1) is 0 Å². The molecule has 1 aromatic rings. The molecule has 1 heterocycles. The summed E-state index contributed by atoms with van der Waals surface area (Å²) in [5, 5.41) is 16.5. The van der Waals surface area contributed by atoms with E-state index in [-0.39, 0.29) is 23.1 Å². The number of halogens is 1. The maximum atomic E-state index is 12.6. The van der Waals surface area contributed by atoms with Gasteiger partial charge in [-0.3, -0.25) is 0 Å². The van der Waals surface area contributed by atoms with Gasteiger partial charge in [0.15, 0.2) is 16.6 Å². The fraction of sp³-hybridized carbons (Fsp3) is 0.412. The van der Waals surface area contributed by atoms with Gasteiger partial charge < -0.3 is 30.0 Å². The topological polar surface area (TPSA) is 89.1 Å². The summed E-state index contributed by atoms with van der Waals surface area (Å²) in [6, 6.07) is 2.57. The average Bonchev–Trinajstić information content (AvgIpc) is 2.58. The number of hydrogen-bond donors (Lipinski definition) is 3. The van der Waals surface area contributed by atoms with E-state index in [2.05, 4.69) is 10.6 Å². The first-order valence-electron chi connectivity index (χ1n) is 7.98. The van der Waals surface area contributed by atoms with Gasteiger partial charge >= 0.3 is 5.97 Å². The third kappa shape index (κ3) is 4.57. The molecule has 0 saturated heterocycles. The predicted octanol–water partition coefficient (Wildman–Crippen LogP) is 2.43. The number of allylic oxidation sites excluding steroid dienone is 1. The van der Waals surface area contributed by atoms with E-state index in [1.165, 1.54) is 7.11 Å². The number of hydrogen-bond acceptors (Lipinski definition) is 6. The third-order valence-electron chi connectivity index (χ3n) is 3.69. The number of aromatic hydroxyl groups is 1. The number of rotatable bonds is 7. The Balaban J connectivity index is 2.42. The van der Waals surface area contributed by atoms with E-state index >= 15 is 0 Å². The SMILES string of the molecule is CCOc1cc([C@H]2NC(=S)NC(C)=C2C(=O)OCCOC)cc(Cl)c1O. The minimum atomic E-state index is -0.601. The zero-order valence-electron chi connectivity index (χ0n) is 14.7. The number of carbonyl (C=O) groups is 1. The van der Waals surface area contributed by atoms with E-state index in [4.69, 9.17) is 38.0 Å². The zero-order valence-corrected chi connectivity index (χ0v) is 16.3. The van der Waals surface area contributed by atoms with Gasteiger partial charge in [-0.05, 0) is 43.8 Å². The predicted molar refractivity (Wildman–Crippen MR) is 101 cm³/mol. The number of benzene rings is 1. The van der Waals surface area contributed by atoms with E-state index in [0.29, 0.717) is 35.2 Å². The van der Waals surface area contributed by atoms with Crippen molar-refractivity contribution in [3.05, 3.63) is 34.0 Å². The highest BCUT2D eigenvalue weighted by Gasteiger charge is 2.32. The molecular formula is C17H21ClN2O5S. The molecule has 142 valence electrons. The maximum Gasteiger partial charge on any atom is 0.338 e. The molecule has 0 bridgehead atoms. The largest absolute Gasteiger partial charge is 0.503 e. The van der Waals surface area contributed by atoms with Gasteiger partial charge in [0, 0.05) is 12.8 Å². The van der Waals surface area contributed by atoms with Crippen molar-refractivity contribution in [1.82, 2.24) is 10.6 Å². The average molecular weight is 401 g/mol. The highest BCUT2D eigenvalue weighted by atomic mass is 35.5. The first-order valence-corrected chi connectivity index (χ1v) is 8.77. The van der Waals surface area contributed by atoms with Crippen LogP contribution in [0.1, 0.15) is 25.5 Å². The standard InChI is InChI=1S/C17H21ClN2O5S/c1-4-24-12-8-10(7-11(18)15(12)21)14-13(9(2)19-17(26)20-14)16(22)25-6-5-23-3/h7-8,14,21H,4-6H2,1-3H3,(H2,19,20,26)/t14-/m1/s1. The van der Waals surface area contributed by atoms with Crippen molar-refractivity contribution in [3.63, 3.8) is 0 Å². The highest BCUT2D eigenvalue weighted by molar-refractivity contribution is 7.80. The lowest BCUT2D eigenvalue weighted by molar-refractivity contribution is -0.140. The number of nitrogens with one attached hydrogen (secondary N) is 2. The zero-order chi connectivity index (χ0) is 19.3. The van der Waals surface area contributed by atoms with Crippen molar-refractivity contribution in [2.24, 2.45) is 0 Å². The minimum Gasteiger partial charge on any atom is -0.503 e. The third-order valence-corrected chi connectivity index (χ3v) is 4.20. The summed E-state index contributed by atoms with van der Waals surface area (Å²) in [7, 11) is 1.52. The quantitative estimate of drug-likeness (QED) is 0.365. The molecule has 1 aromatic carbocycles. The van der Waals surface area contributed by atoms with Gasteiger partial charge in [0.25, 0.3) is 0 Å². The number of thiocarbonyl (C=S) groups is 1. The van der Waals surface area contributed by atoms with E-state index in [9.17, 15) is 9.90 Å². The first-order chi connectivity index (χ1) is 12.4. The van der Waals surface area contributed by atoms with Crippen LogP contribution in [0.4, 0.5) is 0 Å². The molecule has 2 rings (SSSR count). The fourth-order valence-electron chi connectivity index (χ4n) is 2.54. The Kier molecular flexibility index (Phi) is 7.07. The van der Waals surface area contributed by atoms with Gasteiger partial charge in [0.1, 0.15) is 6.61 Å². The molecule has 0 spiro atoms. The number of phenols is 1. The molecule has 26 heavy (non-hydrogen) atoms. The van der Waals surface area contributed by atoms with E-state index in [0.717, 1.165) is 0 Å². The van der Waals surface area contributed by atoms with Crippen molar-refractivity contribution in [2.75, 3.05) is 26.9 Å². The molecule has 0 unspecified atom stereocenters. The molecule has 1 aliphatic heterocycles. The van der Waals surface area contributed by atoms with Crippen LogP contribution in [0.15, 0.2) is 23.4 Å². The van der Waals surface area contributed by atoms with Crippen molar-refractivity contribution in [3.8, 4) is 11.5 Å². The van der Waals surface area contributed by atoms with E-state index < -0.39 is 12.0 Å². The minimum absolute atomic E-state index is 0.113. The lowest BCUT2D eigenvalue weighted by atomic mass is 9.95. The van der Waals surface area contributed by atoms with Gasteiger partial charge in [-0.1, -0.05) is 11.6 Å². The van der Waals surface area contributed by atoms with Crippen LogP contribution in [0.5, 0.6) is 11.5 Å². The Hall–Kier alpha value is -2.03. The number of esters is 1. The Morgan fingerprint density at radius 2 is 2.12 bits per heavy atom. The molecule has 1 aliphatic rings. The van der Waals surface area contributed by atoms with Crippen molar-refractivity contribution in [2.45, 2.75) is 19.9 Å². The normalized spacial score (nSPS) is 16.8. The second-order valence-corrected chi connectivity index (χ2v) is 6.30. The van der Waals surface area contributed by atoms with E-state index in [1.807, 2.05) is 0 Å². The summed E-state index contributed by atoms with van der Waals surface area (Å²) in [5.74, 6) is -0.432. The van der Waals surface area contributed by atoms with Crippen LogP contribution in [-0.4, -0.2) is 43.1 Å². The monoisotopic (exact) mass is 400 g/mol. The van der Waals surface area contributed by atoms with Crippen molar-refractivity contribution < 1.29 is 24.1 Å². The molecule has 0 aromatic heterocycles. The molecule has 0 saturated carbocycles. The summed E-state index contributed by atoms with van der Waals surface area (Å²) in [4.78, 5) is 12.6.